The van der Waals surface area contributed by atoms with Gasteiger partial charge >= 0.3 is 0 Å². The van der Waals surface area contributed by atoms with E-state index in [-0.39, 0.29) is 5.91 Å². The van der Waals surface area contributed by atoms with Crippen molar-refractivity contribution in [3.63, 3.8) is 0 Å². The molecule has 2 aromatic heterocycles. The third-order valence-corrected chi connectivity index (χ3v) is 8.07. The molecule has 1 atom stereocenters. The van der Waals surface area contributed by atoms with Gasteiger partial charge in [0.15, 0.2) is 0 Å². The van der Waals surface area contributed by atoms with E-state index in [0.29, 0.717) is 12.6 Å². The van der Waals surface area contributed by atoms with Gasteiger partial charge in [-0.2, -0.15) is 0 Å². The second-order valence-electron chi connectivity index (χ2n) is 8.76. The summed E-state index contributed by atoms with van der Waals surface area (Å²) in [4.78, 5) is 21.5. The molecule has 4 nitrogen and oxygen atoms in total. The van der Waals surface area contributed by atoms with Crippen LogP contribution in [0.3, 0.4) is 0 Å². The van der Waals surface area contributed by atoms with Gasteiger partial charge in [0.2, 0.25) is 0 Å². The number of aromatic nitrogens is 1. The van der Waals surface area contributed by atoms with E-state index in [1.54, 1.807) is 11.3 Å². The molecule has 32 heavy (non-hydrogen) atoms. The highest BCUT2D eigenvalue weighted by molar-refractivity contribution is 7.22. The van der Waals surface area contributed by atoms with Gasteiger partial charge < -0.3 is 5.32 Å². The third kappa shape index (κ3) is 3.70. The fraction of sp³-hybridized carbons (Fsp3) is 0.333. The highest BCUT2D eigenvalue weighted by Crippen LogP contribution is 2.41. The Morgan fingerprint density at radius 2 is 2.00 bits per heavy atom. The molecule has 1 fully saturated rings. The minimum atomic E-state index is 0.0199. The Hall–Kier alpha value is -2.76. The maximum atomic E-state index is 13.5. The van der Waals surface area contributed by atoms with Crippen molar-refractivity contribution in [2.24, 2.45) is 0 Å². The number of nitrogens with zero attached hydrogens (tertiary/aromatic N) is 2. The summed E-state index contributed by atoms with van der Waals surface area (Å²) >= 11 is 1.59. The number of likely N-dealkylation sites (tertiary alicyclic amines) is 1. The van der Waals surface area contributed by atoms with Crippen molar-refractivity contribution >= 4 is 38.2 Å². The van der Waals surface area contributed by atoms with Crippen molar-refractivity contribution < 1.29 is 4.79 Å². The topological polar surface area (TPSA) is 45.2 Å². The molecule has 0 bridgehead atoms. The lowest BCUT2D eigenvalue weighted by molar-refractivity contribution is 0.0946. The summed E-state index contributed by atoms with van der Waals surface area (Å²) in [5.41, 5.74) is 5.53. The molecule has 0 aliphatic carbocycles. The van der Waals surface area contributed by atoms with E-state index in [1.807, 2.05) is 24.4 Å². The lowest BCUT2D eigenvalue weighted by atomic mass is 9.98. The van der Waals surface area contributed by atoms with Crippen molar-refractivity contribution in [1.82, 2.24) is 15.2 Å². The third-order valence-electron chi connectivity index (χ3n) is 6.83. The maximum Gasteiger partial charge on any atom is 0.262 e. The van der Waals surface area contributed by atoms with Gasteiger partial charge in [-0.15, -0.1) is 11.3 Å². The van der Waals surface area contributed by atoms with Crippen LogP contribution in [-0.2, 0) is 0 Å². The Kier molecular flexibility index (Phi) is 5.70. The monoisotopic (exact) mass is 443 g/mol. The fourth-order valence-electron chi connectivity index (χ4n) is 4.86. The zero-order valence-corrected chi connectivity index (χ0v) is 19.8. The van der Waals surface area contributed by atoms with Crippen molar-refractivity contribution in [2.45, 2.75) is 39.7 Å². The molecular formula is C27H29N3OS. The van der Waals surface area contributed by atoms with E-state index >= 15 is 0 Å². The molecular weight excluding hydrogens is 414 g/mol. The van der Waals surface area contributed by atoms with Crippen molar-refractivity contribution in [2.75, 3.05) is 19.6 Å². The van der Waals surface area contributed by atoms with Crippen LogP contribution >= 0.6 is 11.3 Å². The van der Waals surface area contributed by atoms with Crippen LogP contribution in [0.5, 0.6) is 0 Å². The standard InChI is InChI=1S/C27H29N3OS/c1-4-30-13-7-8-20(30)15-29-27(31)26-24(19-12-11-17(2)18(3)14-19)22-16-28-23-10-6-5-9-21(23)25(22)32-26/h5-6,9-12,14,16,20H,4,7-8,13,15H2,1-3H3,(H,29,31). The number of rotatable bonds is 5. The zero-order valence-electron chi connectivity index (χ0n) is 18.9. The SMILES string of the molecule is CCN1CCCC1CNC(=O)c1sc2c(cnc3ccccc32)c1-c1ccc(C)c(C)c1. The summed E-state index contributed by atoms with van der Waals surface area (Å²) < 4.78 is 1.13. The second-order valence-corrected chi connectivity index (χ2v) is 9.78. The Morgan fingerprint density at radius 3 is 2.81 bits per heavy atom. The number of thiophene rings is 1. The number of benzene rings is 2. The van der Waals surface area contributed by atoms with E-state index in [9.17, 15) is 4.79 Å². The summed E-state index contributed by atoms with van der Waals surface area (Å²) in [5, 5.41) is 5.42. The van der Waals surface area contributed by atoms with Crippen LogP contribution in [0.2, 0.25) is 0 Å². The number of hydrogen-bond donors (Lipinski definition) is 1. The van der Waals surface area contributed by atoms with Gasteiger partial charge in [-0.1, -0.05) is 43.3 Å². The van der Waals surface area contributed by atoms with Crippen LogP contribution < -0.4 is 5.32 Å². The van der Waals surface area contributed by atoms with E-state index in [4.69, 9.17) is 4.98 Å². The van der Waals surface area contributed by atoms with Crippen molar-refractivity contribution in [1.29, 1.82) is 0 Å². The highest BCUT2D eigenvalue weighted by Gasteiger charge is 2.26. The Labute approximate surface area is 193 Å². The molecule has 1 aliphatic rings. The minimum absolute atomic E-state index is 0.0199. The average Bonchev–Trinajstić information content (AvgIpc) is 3.43. The van der Waals surface area contributed by atoms with Gasteiger partial charge in [-0.05, 0) is 62.5 Å². The average molecular weight is 444 g/mol. The molecule has 0 spiro atoms. The summed E-state index contributed by atoms with van der Waals surface area (Å²) in [6.07, 6.45) is 4.30. The molecule has 0 saturated carbocycles. The largest absolute Gasteiger partial charge is 0.350 e. The number of nitrogens with one attached hydrogen (secondary N) is 1. The van der Waals surface area contributed by atoms with Gasteiger partial charge in [0.05, 0.1) is 5.52 Å². The van der Waals surface area contributed by atoms with E-state index in [2.05, 4.69) is 55.3 Å². The Balaban J connectivity index is 1.60. The molecule has 3 heterocycles. The summed E-state index contributed by atoms with van der Waals surface area (Å²) in [6.45, 7) is 9.31. The lowest BCUT2D eigenvalue weighted by Gasteiger charge is -2.22. The van der Waals surface area contributed by atoms with E-state index in [0.717, 1.165) is 56.5 Å². The quantitative estimate of drug-likeness (QED) is 0.415. The molecule has 2 aromatic carbocycles. The molecule has 1 unspecified atom stereocenters. The van der Waals surface area contributed by atoms with Crippen LogP contribution in [-0.4, -0.2) is 41.5 Å². The van der Waals surface area contributed by atoms with Crippen LogP contribution in [0, 0.1) is 13.8 Å². The molecule has 4 aromatic rings. The molecule has 1 amide bonds. The predicted molar refractivity (Wildman–Crippen MR) is 135 cm³/mol. The molecule has 0 radical (unpaired) electrons. The number of pyridine rings is 1. The van der Waals surface area contributed by atoms with E-state index < -0.39 is 0 Å². The number of likely N-dealkylation sites (N-methyl/N-ethyl adjacent to an activating group) is 1. The normalized spacial score (nSPS) is 16.8. The first-order chi connectivity index (χ1) is 15.6. The number of hydrogen-bond acceptors (Lipinski definition) is 4. The molecule has 164 valence electrons. The second kappa shape index (κ2) is 8.64. The zero-order chi connectivity index (χ0) is 22.2. The minimum Gasteiger partial charge on any atom is -0.350 e. The van der Waals surface area contributed by atoms with Gasteiger partial charge in [0.25, 0.3) is 5.91 Å². The summed E-state index contributed by atoms with van der Waals surface area (Å²) in [7, 11) is 0. The maximum absolute atomic E-state index is 13.5. The molecule has 1 aliphatic heterocycles. The number of carbonyl (C=O) groups excluding carboxylic acids is 1. The highest BCUT2D eigenvalue weighted by atomic mass is 32.1. The Morgan fingerprint density at radius 1 is 1.16 bits per heavy atom. The van der Waals surface area contributed by atoms with Gasteiger partial charge in [0.1, 0.15) is 4.88 Å². The molecule has 1 saturated heterocycles. The van der Waals surface area contributed by atoms with E-state index in [1.165, 1.54) is 17.5 Å². The van der Waals surface area contributed by atoms with Gasteiger partial charge in [-0.25, -0.2) is 0 Å². The fourth-order valence-corrected chi connectivity index (χ4v) is 6.10. The van der Waals surface area contributed by atoms with Crippen molar-refractivity contribution in [3.8, 4) is 11.1 Å². The first kappa shape index (κ1) is 21.1. The number of amides is 1. The molecule has 5 rings (SSSR count). The van der Waals surface area contributed by atoms with Crippen LogP contribution in [0.1, 0.15) is 40.6 Å². The first-order valence-corrected chi connectivity index (χ1v) is 12.3. The summed E-state index contributed by atoms with van der Waals surface area (Å²) in [5.74, 6) is 0.0199. The number of fused-ring (bicyclic) bond motifs is 3. The van der Waals surface area contributed by atoms with Crippen LogP contribution in [0.15, 0.2) is 48.7 Å². The molecule has 5 heteroatoms. The number of carbonyl (C=O) groups is 1. The Bertz CT molecular complexity index is 1310. The van der Waals surface area contributed by atoms with Crippen LogP contribution in [0.4, 0.5) is 0 Å². The van der Waals surface area contributed by atoms with Crippen molar-refractivity contribution in [3.05, 3.63) is 64.7 Å². The number of para-hydroxylation sites is 1. The first-order valence-electron chi connectivity index (χ1n) is 11.5. The van der Waals surface area contributed by atoms with Gasteiger partial charge in [0, 0.05) is 39.8 Å². The van der Waals surface area contributed by atoms with Gasteiger partial charge in [-0.3, -0.25) is 14.7 Å². The summed E-state index contributed by atoms with van der Waals surface area (Å²) in [6, 6.07) is 15.1. The van der Waals surface area contributed by atoms with Crippen LogP contribution in [0.25, 0.3) is 32.1 Å². The predicted octanol–water partition coefficient (Wildman–Crippen LogP) is 5.95. The number of aryl methyl sites for hydroxylation is 2. The molecule has 1 N–H and O–H groups in total. The smallest absolute Gasteiger partial charge is 0.262 e. The lowest BCUT2D eigenvalue weighted by Crippen LogP contribution is -2.39.